The van der Waals surface area contributed by atoms with E-state index < -0.39 is 10.1 Å². The molecule has 1 amide bonds. The molecule has 0 unspecified atom stereocenters. The van der Waals surface area contributed by atoms with Gasteiger partial charge in [0.2, 0.25) is 0 Å². The van der Waals surface area contributed by atoms with Crippen molar-refractivity contribution in [2.75, 3.05) is 16.8 Å². The second-order valence-electron chi connectivity index (χ2n) is 7.67. The zero-order chi connectivity index (χ0) is 24.5. The first-order valence-corrected chi connectivity index (χ1v) is 11.5. The van der Waals surface area contributed by atoms with Gasteiger partial charge in [-0.2, -0.15) is 13.5 Å². The van der Waals surface area contributed by atoms with Crippen molar-refractivity contribution >= 4 is 84.8 Å². The van der Waals surface area contributed by atoms with Crippen molar-refractivity contribution in [2.24, 2.45) is 10.2 Å². The van der Waals surface area contributed by atoms with Gasteiger partial charge in [-0.15, -0.1) is 5.11 Å². The molecule has 0 fully saturated rings. The van der Waals surface area contributed by atoms with Crippen LogP contribution < -0.4 is 16.8 Å². The van der Waals surface area contributed by atoms with Gasteiger partial charge in [-0.05, 0) is 83.9 Å². The fourth-order valence-corrected chi connectivity index (χ4v) is 3.79. The summed E-state index contributed by atoms with van der Waals surface area (Å²) < 4.78 is 31.8. The number of nitrogen functional groups attached to an aromatic ring is 2. The van der Waals surface area contributed by atoms with Gasteiger partial charge < -0.3 is 16.8 Å². The molecule has 0 spiro atoms. The molecule has 4 rings (SSSR count). The first kappa shape index (κ1) is 26.3. The van der Waals surface area contributed by atoms with Crippen LogP contribution in [0.25, 0.3) is 10.8 Å². The van der Waals surface area contributed by atoms with Crippen LogP contribution in [0, 0.1) is 6.92 Å². The fraction of sp³-hybridized carbons (Fsp3) is 0.0417. The molecule has 9 nitrogen and oxygen atoms in total. The monoisotopic (exact) mass is 498 g/mol. The summed E-state index contributed by atoms with van der Waals surface area (Å²) in [5, 5.41) is 12.4. The number of aryl methyl sites for hydroxylation is 1. The minimum Gasteiger partial charge on any atom is -0.398 e. The molecule has 0 saturated carbocycles. The molecule has 35 heavy (non-hydrogen) atoms. The zero-order valence-corrected chi connectivity index (χ0v) is 21.9. The minimum absolute atomic E-state index is 0. The summed E-state index contributed by atoms with van der Waals surface area (Å²) in [7, 11) is -4.28. The summed E-state index contributed by atoms with van der Waals surface area (Å²) in [5.41, 5.74) is 15.6. The predicted octanol–water partition coefficient (Wildman–Crippen LogP) is 4.85. The molecule has 11 heteroatoms. The van der Waals surface area contributed by atoms with Gasteiger partial charge in [0.05, 0.1) is 16.3 Å². The van der Waals surface area contributed by atoms with Crippen molar-refractivity contribution in [1.82, 2.24) is 0 Å². The normalized spacial score (nSPS) is 11.4. The third kappa shape index (κ3) is 6.24. The van der Waals surface area contributed by atoms with Crippen LogP contribution in [0.4, 0.5) is 28.4 Å². The van der Waals surface area contributed by atoms with Crippen LogP contribution in [0.5, 0.6) is 0 Å². The number of rotatable bonds is 5. The largest absolute Gasteiger partial charge is 0.398 e. The Morgan fingerprint density at radius 1 is 0.857 bits per heavy atom. The number of fused-ring (bicyclic) bond motifs is 1. The van der Waals surface area contributed by atoms with Crippen molar-refractivity contribution in [3.63, 3.8) is 0 Å². The van der Waals surface area contributed by atoms with Gasteiger partial charge in [-0.25, -0.2) is 0 Å². The third-order valence-corrected chi connectivity index (χ3v) is 6.04. The quantitative estimate of drug-likeness (QED) is 0.133. The van der Waals surface area contributed by atoms with Crippen molar-refractivity contribution in [2.45, 2.75) is 11.8 Å². The van der Waals surface area contributed by atoms with E-state index in [1.54, 1.807) is 60.7 Å². The molecule has 4 aromatic rings. The van der Waals surface area contributed by atoms with Gasteiger partial charge in [0.25, 0.3) is 16.0 Å². The van der Waals surface area contributed by atoms with Gasteiger partial charge in [-0.3, -0.25) is 9.35 Å². The van der Waals surface area contributed by atoms with E-state index in [9.17, 15) is 17.8 Å². The topological polar surface area (TPSA) is 160 Å². The maximum Gasteiger partial charge on any atom is 0.294 e. The summed E-state index contributed by atoms with van der Waals surface area (Å²) in [6, 6.07) is 19.2. The number of nitrogens with two attached hydrogens (primary N) is 2. The molecule has 0 atom stereocenters. The van der Waals surface area contributed by atoms with Crippen LogP contribution in [0.15, 0.2) is 87.9 Å². The van der Waals surface area contributed by atoms with E-state index in [-0.39, 0.29) is 40.4 Å². The Kier molecular flexibility index (Phi) is 7.93. The summed E-state index contributed by atoms with van der Waals surface area (Å²) in [6.07, 6.45) is 0. The Morgan fingerprint density at radius 2 is 1.51 bits per heavy atom. The summed E-state index contributed by atoms with van der Waals surface area (Å²) in [4.78, 5) is 12.4. The number of carbonyl (C=O) groups excluding carboxylic acids is 1. The number of amides is 1. The standard InChI is InChI=1S/C24H21N5O4S.Na/c1-14-10-23(22(26)13-21(14)25)29-28-18-6-2-15(3-7-18)24(30)27-19-8-4-17-12-20(34(31,32)33)9-5-16(17)11-19;/h2-13H,25-26H2,1H3,(H,27,30)(H,31,32,33);. The average Bonchev–Trinajstić information content (AvgIpc) is 2.80. The molecular formula is C24H21N5NaO4S. The van der Waals surface area contributed by atoms with Gasteiger partial charge in [-0.1, -0.05) is 12.1 Å². The molecule has 0 bridgehead atoms. The smallest absolute Gasteiger partial charge is 0.294 e. The summed E-state index contributed by atoms with van der Waals surface area (Å²) >= 11 is 0. The Hall–Kier alpha value is -3.28. The Balaban J connectivity index is 0.00000342. The first-order valence-electron chi connectivity index (χ1n) is 10.1. The number of hydrogen-bond donors (Lipinski definition) is 4. The van der Waals surface area contributed by atoms with Crippen LogP contribution in [0.1, 0.15) is 15.9 Å². The molecular weight excluding hydrogens is 477 g/mol. The summed E-state index contributed by atoms with van der Waals surface area (Å²) in [6.45, 7) is 1.85. The van der Waals surface area contributed by atoms with Crippen LogP contribution in [0.3, 0.4) is 0 Å². The number of hydrogen-bond acceptors (Lipinski definition) is 7. The predicted molar refractivity (Wildman–Crippen MR) is 138 cm³/mol. The number of azo groups is 1. The van der Waals surface area contributed by atoms with E-state index in [1.807, 2.05) is 6.92 Å². The van der Waals surface area contributed by atoms with Gasteiger partial charge in [0.15, 0.2) is 0 Å². The number of benzene rings is 4. The summed E-state index contributed by atoms with van der Waals surface area (Å²) in [5.74, 6) is -0.323. The van der Waals surface area contributed by atoms with Crippen molar-refractivity contribution in [3.8, 4) is 0 Å². The van der Waals surface area contributed by atoms with Crippen LogP contribution in [0.2, 0.25) is 0 Å². The molecule has 0 aliphatic heterocycles. The molecule has 0 saturated heterocycles. The molecule has 0 aromatic heterocycles. The van der Waals surface area contributed by atoms with E-state index in [4.69, 9.17) is 11.5 Å². The van der Waals surface area contributed by atoms with Crippen molar-refractivity contribution in [1.29, 1.82) is 0 Å². The molecule has 6 N–H and O–H groups in total. The molecule has 4 aromatic carbocycles. The number of nitrogens with zero attached hydrogens (tertiary/aromatic N) is 2. The van der Waals surface area contributed by atoms with Crippen LogP contribution in [-0.2, 0) is 10.1 Å². The van der Waals surface area contributed by atoms with Gasteiger partial charge in [0, 0.05) is 46.5 Å². The number of nitrogens with one attached hydrogen (secondary N) is 1. The Bertz CT molecular complexity index is 1550. The van der Waals surface area contributed by atoms with Crippen molar-refractivity contribution in [3.05, 3.63) is 83.9 Å². The molecule has 1 radical (unpaired) electrons. The molecule has 0 aliphatic rings. The molecule has 173 valence electrons. The third-order valence-electron chi connectivity index (χ3n) is 5.19. The Morgan fingerprint density at radius 3 is 2.20 bits per heavy atom. The average molecular weight is 499 g/mol. The van der Waals surface area contributed by atoms with Crippen LogP contribution in [-0.4, -0.2) is 48.4 Å². The second-order valence-corrected chi connectivity index (χ2v) is 9.09. The zero-order valence-electron chi connectivity index (χ0n) is 19.1. The maximum absolute atomic E-state index is 12.6. The van der Waals surface area contributed by atoms with E-state index in [0.717, 1.165) is 5.56 Å². The van der Waals surface area contributed by atoms with E-state index in [2.05, 4.69) is 15.5 Å². The maximum atomic E-state index is 12.6. The van der Waals surface area contributed by atoms with Gasteiger partial charge in [0.1, 0.15) is 5.69 Å². The Labute approximate surface area is 224 Å². The van der Waals surface area contributed by atoms with E-state index in [0.29, 0.717) is 44.8 Å². The SMILES string of the molecule is Cc1cc(N=Nc2ccc(C(=O)Nc3ccc4cc(S(=O)(=O)O)ccc4c3)cc2)c(N)cc1N.[Na]. The molecule has 0 heterocycles. The number of anilines is 3. The van der Waals surface area contributed by atoms with E-state index >= 15 is 0 Å². The fourth-order valence-electron chi connectivity index (χ4n) is 3.27. The van der Waals surface area contributed by atoms with Gasteiger partial charge >= 0.3 is 0 Å². The number of carbonyl (C=O) groups is 1. The first-order chi connectivity index (χ1) is 16.1. The van der Waals surface area contributed by atoms with E-state index in [1.165, 1.54) is 12.1 Å². The van der Waals surface area contributed by atoms with Crippen molar-refractivity contribution < 1.29 is 17.8 Å². The molecule has 0 aliphatic carbocycles. The van der Waals surface area contributed by atoms with Crippen LogP contribution >= 0.6 is 0 Å². The minimum atomic E-state index is -4.28. The second kappa shape index (κ2) is 10.5.